The van der Waals surface area contributed by atoms with E-state index in [4.69, 9.17) is 26.2 Å². The Kier molecular flexibility index (Phi) is 4.11. The Hall–Kier alpha value is -1.95. The maximum atomic E-state index is 11.8. The molecule has 0 spiro atoms. The number of fused-ring (bicyclic) bond motifs is 1. The molecule has 0 bridgehead atoms. The summed E-state index contributed by atoms with van der Waals surface area (Å²) in [6.45, 7) is 1.40. The number of carbonyl (C=O) groups excluding carboxylic acids is 1. The second-order valence-corrected chi connectivity index (χ2v) is 5.84. The average Bonchev–Trinajstić information content (AvgIpc) is 3.28. The molecule has 2 N–H and O–H groups in total. The normalized spacial score (nSPS) is 22.0. The molecular weight excluding hydrogens is 310 g/mol. The van der Waals surface area contributed by atoms with Crippen molar-refractivity contribution in [2.45, 2.75) is 12.8 Å². The summed E-state index contributed by atoms with van der Waals surface area (Å²) in [5, 5.41) is 12.1. The second-order valence-electron chi connectivity index (χ2n) is 5.43. The molecule has 0 radical (unpaired) electrons. The first-order valence-electron chi connectivity index (χ1n) is 7.15. The van der Waals surface area contributed by atoms with Gasteiger partial charge in [0.1, 0.15) is 13.2 Å². The molecule has 1 saturated carbocycles. The molecule has 1 aliphatic carbocycles. The SMILES string of the molecule is O=C(O)[C@H]1C[C@@H]1C(=O)NCCc1cc(Cl)c2c(c1)OCCO2. The van der Waals surface area contributed by atoms with Crippen molar-refractivity contribution >= 4 is 23.5 Å². The Morgan fingerprint density at radius 1 is 1.27 bits per heavy atom. The molecule has 1 aliphatic heterocycles. The highest BCUT2D eigenvalue weighted by Crippen LogP contribution is 2.39. The van der Waals surface area contributed by atoms with Crippen LogP contribution in [-0.4, -0.2) is 36.7 Å². The number of amides is 1. The summed E-state index contributed by atoms with van der Waals surface area (Å²) < 4.78 is 10.9. The van der Waals surface area contributed by atoms with E-state index in [1.54, 1.807) is 6.07 Å². The van der Waals surface area contributed by atoms with E-state index in [0.29, 0.717) is 49.1 Å². The van der Waals surface area contributed by atoms with Gasteiger partial charge in [-0.3, -0.25) is 9.59 Å². The lowest BCUT2D eigenvalue weighted by Crippen LogP contribution is -2.28. The maximum absolute atomic E-state index is 11.8. The van der Waals surface area contributed by atoms with Gasteiger partial charge in [0.05, 0.1) is 16.9 Å². The van der Waals surface area contributed by atoms with Gasteiger partial charge in [0.25, 0.3) is 0 Å². The topological polar surface area (TPSA) is 84.9 Å². The van der Waals surface area contributed by atoms with E-state index in [2.05, 4.69) is 5.32 Å². The van der Waals surface area contributed by atoms with Crippen molar-refractivity contribution in [2.75, 3.05) is 19.8 Å². The second kappa shape index (κ2) is 6.04. The Labute approximate surface area is 132 Å². The Morgan fingerprint density at radius 3 is 2.77 bits per heavy atom. The van der Waals surface area contributed by atoms with Crippen molar-refractivity contribution in [1.82, 2.24) is 5.32 Å². The van der Waals surface area contributed by atoms with E-state index in [1.165, 1.54) is 0 Å². The van der Waals surface area contributed by atoms with Gasteiger partial charge in [-0.15, -0.1) is 0 Å². The molecule has 1 fully saturated rings. The van der Waals surface area contributed by atoms with E-state index in [0.717, 1.165) is 5.56 Å². The first-order chi connectivity index (χ1) is 10.6. The molecule has 1 aromatic rings. The molecule has 2 aliphatic rings. The lowest BCUT2D eigenvalue weighted by atomic mass is 10.1. The summed E-state index contributed by atoms with van der Waals surface area (Å²) in [5.74, 6) is -0.837. The summed E-state index contributed by atoms with van der Waals surface area (Å²) >= 11 is 6.15. The minimum atomic E-state index is -0.904. The molecule has 7 heteroatoms. The third-order valence-corrected chi connectivity index (χ3v) is 4.09. The van der Waals surface area contributed by atoms with Crippen LogP contribution in [-0.2, 0) is 16.0 Å². The third kappa shape index (κ3) is 3.11. The van der Waals surface area contributed by atoms with Crippen LogP contribution in [0.4, 0.5) is 0 Å². The molecule has 0 unspecified atom stereocenters. The number of carboxylic acids is 1. The molecule has 2 atom stereocenters. The lowest BCUT2D eigenvalue weighted by molar-refractivity contribution is -0.140. The van der Waals surface area contributed by atoms with E-state index in [9.17, 15) is 9.59 Å². The van der Waals surface area contributed by atoms with Gasteiger partial charge < -0.3 is 19.9 Å². The van der Waals surface area contributed by atoms with Crippen molar-refractivity contribution in [3.8, 4) is 11.5 Å². The molecule has 1 heterocycles. The fourth-order valence-electron chi connectivity index (χ4n) is 2.53. The van der Waals surface area contributed by atoms with Gasteiger partial charge in [-0.1, -0.05) is 11.6 Å². The van der Waals surface area contributed by atoms with Crippen molar-refractivity contribution in [3.63, 3.8) is 0 Å². The molecule has 0 aromatic heterocycles. The Bertz CT molecular complexity index is 618. The number of hydrogen-bond donors (Lipinski definition) is 2. The predicted octanol–water partition coefficient (Wildman–Crippen LogP) is 1.49. The van der Waals surface area contributed by atoms with Crippen LogP contribution in [0.1, 0.15) is 12.0 Å². The Balaban J connectivity index is 1.53. The first kappa shape index (κ1) is 15.0. The van der Waals surface area contributed by atoms with Crippen molar-refractivity contribution in [2.24, 2.45) is 11.8 Å². The molecule has 1 amide bonds. The minimum absolute atomic E-state index is 0.198. The summed E-state index contributed by atoms with van der Waals surface area (Å²) in [5.41, 5.74) is 0.931. The number of benzene rings is 1. The fourth-order valence-corrected chi connectivity index (χ4v) is 2.82. The number of nitrogens with one attached hydrogen (secondary N) is 1. The monoisotopic (exact) mass is 325 g/mol. The molecule has 6 nitrogen and oxygen atoms in total. The van der Waals surface area contributed by atoms with Gasteiger partial charge in [-0.2, -0.15) is 0 Å². The minimum Gasteiger partial charge on any atom is -0.486 e. The number of carboxylic acid groups (broad SMARTS) is 1. The number of ether oxygens (including phenoxy) is 2. The van der Waals surface area contributed by atoms with Crippen molar-refractivity contribution in [3.05, 3.63) is 22.7 Å². The lowest BCUT2D eigenvalue weighted by Gasteiger charge is -2.20. The number of aliphatic carboxylic acids is 1. The average molecular weight is 326 g/mol. The standard InChI is InChI=1S/C15H16ClNO5/c16-11-5-8(6-12-13(11)22-4-3-21-12)1-2-17-14(18)9-7-10(9)15(19)20/h5-6,9-10H,1-4,7H2,(H,17,18)(H,19,20)/t9-,10-/m0/s1. The van der Waals surface area contributed by atoms with Gasteiger partial charge in [0.15, 0.2) is 11.5 Å². The zero-order valence-corrected chi connectivity index (χ0v) is 12.6. The Morgan fingerprint density at radius 2 is 2.05 bits per heavy atom. The molecule has 22 heavy (non-hydrogen) atoms. The van der Waals surface area contributed by atoms with Gasteiger partial charge in [0.2, 0.25) is 5.91 Å². The summed E-state index contributed by atoms with van der Waals surface area (Å²) in [4.78, 5) is 22.5. The van der Waals surface area contributed by atoms with Crippen LogP contribution in [0.15, 0.2) is 12.1 Å². The fraction of sp³-hybridized carbons (Fsp3) is 0.467. The maximum Gasteiger partial charge on any atom is 0.307 e. The zero-order valence-electron chi connectivity index (χ0n) is 11.8. The van der Waals surface area contributed by atoms with Gasteiger partial charge >= 0.3 is 5.97 Å². The third-order valence-electron chi connectivity index (χ3n) is 3.81. The summed E-state index contributed by atoms with van der Waals surface area (Å²) in [6, 6.07) is 3.64. The number of carbonyl (C=O) groups is 2. The quantitative estimate of drug-likeness (QED) is 0.856. The number of rotatable bonds is 5. The van der Waals surface area contributed by atoms with E-state index < -0.39 is 11.9 Å². The largest absolute Gasteiger partial charge is 0.486 e. The van der Waals surface area contributed by atoms with Crippen LogP contribution in [0.3, 0.4) is 0 Å². The van der Waals surface area contributed by atoms with Crippen molar-refractivity contribution in [1.29, 1.82) is 0 Å². The smallest absolute Gasteiger partial charge is 0.307 e. The highest BCUT2D eigenvalue weighted by atomic mass is 35.5. The van der Waals surface area contributed by atoms with E-state index in [1.807, 2.05) is 6.07 Å². The number of halogens is 1. The van der Waals surface area contributed by atoms with Crippen LogP contribution >= 0.6 is 11.6 Å². The molecular formula is C15H16ClNO5. The van der Waals surface area contributed by atoms with Gasteiger partial charge in [-0.25, -0.2) is 0 Å². The van der Waals surface area contributed by atoms with Gasteiger partial charge in [0, 0.05) is 6.54 Å². The molecule has 0 saturated heterocycles. The predicted molar refractivity (Wildman–Crippen MR) is 78.4 cm³/mol. The van der Waals surface area contributed by atoms with Gasteiger partial charge in [-0.05, 0) is 30.5 Å². The van der Waals surface area contributed by atoms with Crippen LogP contribution in [0.5, 0.6) is 11.5 Å². The molecule has 3 rings (SSSR count). The first-order valence-corrected chi connectivity index (χ1v) is 7.52. The summed E-state index contributed by atoms with van der Waals surface area (Å²) in [6.07, 6.45) is 1.02. The van der Waals surface area contributed by atoms with Crippen molar-refractivity contribution < 1.29 is 24.2 Å². The number of hydrogen-bond acceptors (Lipinski definition) is 4. The zero-order chi connectivity index (χ0) is 15.7. The molecule has 118 valence electrons. The van der Waals surface area contributed by atoms with Crippen LogP contribution in [0.2, 0.25) is 5.02 Å². The van der Waals surface area contributed by atoms with Crippen LogP contribution in [0.25, 0.3) is 0 Å². The van der Waals surface area contributed by atoms with Crippen LogP contribution in [0, 0.1) is 11.8 Å². The highest BCUT2D eigenvalue weighted by molar-refractivity contribution is 6.32. The summed E-state index contributed by atoms with van der Waals surface area (Å²) in [7, 11) is 0. The van der Waals surface area contributed by atoms with Crippen LogP contribution < -0.4 is 14.8 Å². The van der Waals surface area contributed by atoms with E-state index in [-0.39, 0.29) is 11.8 Å². The highest BCUT2D eigenvalue weighted by Gasteiger charge is 2.48. The van der Waals surface area contributed by atoms with E-state index >= 15 is 0 Å². The molecule has 1 aromatic carbocycles.